The van der Waals surface area contributed by atoms with E-state index < -0.39 is 18.0 Å². The molecule has 1 saturated heterocycles. The Labute approximate surface area is 113 Å². The number of rotatable bonds is 6. The maximum atomic E-state index is 10.3. The lowest BCUT2D eigenvalue weighted by Gasteiger charge is -2.17. The summed E-state index contributed by atoms with van der Waals surface area (Å²) in [5.41, 5.74) is 10.4. The number of hydrogen-bond donors (Lipinski definition) is 5. The average Bonchev–Trinajstić information content (AvgIpc) is 2.40. The van der Waals surface area contributed by atoms with Crippen LogP contribution in [-0.4, -0.2) is 47.8 Å². The number of carbonyl (C=O) groups is 2. The molecular weight excluding hydrogens is 250 g/mol. The fourth-order valence-corrected chi connectivity index (χ4v) is 1.70. The highest BCUT2D eigenvalue weighted by molar-refractivity contribution is 5.72. The van der Waals surface area contributed by atoms with E-state index >= 15 is 0 Å². The molecule has 1 fully saturated rings. The Kier molecular flexibility index (Phi) is 10.1. The highest BCUT2D eigenvalue weighted by Crippen LogP contribution is 2.10. The molecular formula is C12H25N3O4. The van der Waals surface area contributed by atoms with Crippen molar-refractivity contribution >= 4 is 11.9 Å². The van der Waals surface area contributed by atoms with Crippen molar-refractivity contribution in [2.24, 2.45) is 17.4 Å². The molecule has 7 N–H and O–H groups in total. The smallest absolute Gasteiger partial charge is 0.320 e. The van der Waals surface area contributed by atoms with Crippen LogP contribution >= 0.6 is 0 Å². The largest absolute Gasteiger partial charge is 0.481 e. The molecule has 1 unspecified atom stereocenters. The van der Waals surface area contributed by atoms with E-state index in [1.807, 2.05) is 0 Å². The number of unbranched alkanes of at least 4 members (excludes halogenated alkanes) is 1. The minimum atomic E-state index is -0.933. The second kappa shape index (κ2) is 10.7. The summed E-state index contributed by atoms with van der Waals surface area (Å²) in [6.45, 7) is 2.32. The van der Waals surface area contributed by atoms with Crippen molar-refractivity contribution in [3.8, 4) is 0 Å². The lowest BCUT2D eigenvalue weighted by Crippen LogP contribution is -2.31. The first-order chi connectivity index (χ1) is 8.99. The fraction of sp³-hybridized carbons (Fsp3) is 0.833. The molecule has 0 saturated carbocycles. The van der Waals surface area contributed by atoms with Gasteiger partial charge in [-0.05, 0) is 45.3 Å². The first-order valence-corrected chi connectivity index (χ1v) is 6.61. The van der Waals surface area contributed by atoms with Gasteiger partial charge in [-0.1, -0.05) is 6.42 Å². The summed E-state index contributed by atoms with van der Waals surface area (Å²) in [7, 11) is 0. The zero-order chi connectivity index (χ0) is 14.7. The number of carboxylic acids is 2. The predicted octanol–water partition coefficient (Wildman–Crippen LogP) is -0.402. The second-order valence-corrected chi connectivity index (χ2v) is 4.59. The molecule has 7 heteroatoms. The number of piperidine rings is 1. The summed E-state index contributed by atoms with van der Waals surface area (Å²) in [4.78, 5) is 20.5. The molecule has 1 aliphatic rings. The first-order valence-electron chi connectivity index (χ1n) is 6.61. The van der Waals surface area contributed by atoms with Gasteiger partial charge in [0.05, 0.1) is 5.92 Å². The van der Waals surface area contributed by atoms with E-state index in [1.165, 1.54) is 0 Å². The molecule has 0 aromatic heterocycles. The Bertz CT molecular complexity index is 268. The molecule has 0 aliphatic carbocycles. The predicted molar refractivity (Wildman–Crippen MR) is 71.7 cm³/mol. The Morgan fingerprint density at radius 3 is 2.16 bits per heavy atom. The maximum absolute atomic E-state index is 10.3. The van der Waals surface area contributed by atoms with E-state index in [-0.39, 0.29) is 5.92 Å². The normalized spacial score (nSPS) is 17.2. The zero-order valence-electron chi connectivity index (χ0n) is 11.2. The summed E-state index contributed by atoms with van der Waals surface area (Å²) in [6, 6.07) is -0.716. The van der Waals surface area contributed by atoms with E-state index in [2.05, 4.69) is 5.32 Å². The van der Waals surface area contributed by atoms with Gasteiger partial charge in [0.2, 0.25) is 0 Å². The van der Waals surface area contributed by atoms with Gasteiger partial charge in [0.1, 0.15) is 6.04 Å². The van der Waals surface area contributed by atoms with E-state index in [9.17, 15) is 9.59 Å². The molecule has 1 aliphatic heterocycles. The number of hydrogen-bond acceptors (Lipinski definition) is 5. The molecule has 0 aromatic carbocycles. The van der Waals surface area contributed by atoms with Gasteiger partial charge in [-0.25, -0.2) is 0 Å². The van der Waals surface area contributed by atoms with Crippen molar-refractivity contribution in [3.05, 3.63) is 0 Å². The van der Waals surface area contributed by atoms with Crippen LogP contribution in [0.4, 0.5) is 0 Å². The van der Waals surface area contributed by atoms with Crippen molar-refractivity contribution in [1.29, 1.82) is 0 Å². The quantitative estimate of drug-likeness (QED) is 0.415. The summed E-state index contributed by atoms with van der Waals surface area (Å²) < 4.78 is 0. The van der Waals surface area contributed by atoms with Crippen LogP contribution in [0.3, 0.4) is 0 Å². The third-order valence-electron chi connectivity index (χ3n) is 2.97. The summed E-state index contributed by atoms with van der Waals surface area (Å²) in [5, 5.41) is 19.9. The SMILES string of the molecule is NCCCCC(N)C(=O)O.O=C(O)C1CCNCC1. The van der Waals surface area contributed by atoms with Gasteiger partial charge in [-0.2, -0.15) is 0 Å². The summed E-state index contributed by atoms with van der Waals surface area (Å²) >= 11 is 0. The minimum Gasteiger partial charge on any atom is -0.481 e. The molecule has 19 heavy (non-hydrogen) atoms. The molecule has 1 heterocycles. The number of carboxylic acid groups (broad SMARTS) is 2. The van der Waals surface area contributed by atoms with E-state index in [0.717, 1.165) is 38.8 Å². The van der Waals surface area contributed by atoms with Gasteiger partial charge in [-0.15, -0.1) is 0 Å². The number of nitrogens with two attached hydrogens (primary N) is 2. The number of aliphatic carboxylic acids is 2. The van der Waals surface area contributed by atoms with Gasteiger partial charge in [0.25, 0.3) is 0 Å². The standard InChI is InChI=1S/C6H14N2O2.C6H11NO2/c7-4-2-1-3-5(8)6(9)10;8-6(9)5-1-3-7-4-2-5/h5H,1-4,7-8H2,(H,9,10);5,7H,1-4H2,(H,8,9). The third-order valence-corrected chi connectivity index (χ3v) is 2.97. The van der Waals surface area contributed by atoms with Crippen molar-refractivity contribution in [3.63, 3.8) is 0 Å². The lowest BCUT2D eigenvalue weighted by molar-refractivity contribution is -0.142. The molecule has 0 bridgehead atoms. The molecule has 7 nitrogen and oxygen atoms in total. The Balaban J connectivity index is 0.000000342. The van der Waals surface area contributed by atoms with Crippen molar-refractivity contribution in [1.82, 2.24) is 5.32 Å². The minimum absolute atomic E-state index is 0.0914. The van der Waals surface area contributed by atoms with Crippen LogP contribution in [0.5, 0.6) is 0 Å². The molecule has 0 radical (unpaired) electrons. The van der Waals surface area contributed by atoms with Gasteiger partial charge in [-0.3, -0.25) is 9.59 Å². The average molecular weight is 275 g/mol. The molecule has 1 rings (SSSR count). The lowest BCUT2D eigenvalue weighted by atomic mass is 9.99. The Morgan fingerprint density at radius 2 is 1.79 bits per heavy atom. The van der Waals surface area contributed by atoms with Crippen LogP contribution in [0.1, 0.15) is 32.1 Å². The molecule has 112 valence electrons. The van der Waals surface area contributed by atoms with Gasteiger partial charge in [0.15, 0.2) is 0 Å². The molecule has 0 aromatic rings. The molecule has 0 spiro atoms. The van der Waals surface area contributed by atoms with Crippen molar-refractivity contribution in [2.45, 2.75) is 38.1 Å². The van der Waals surface area contributed by atoms with Crippen LogP contribution in [0.15, 0.2) is 0 Å². The topological polar surface area (TPSA) is 139 Å². The van der Waals surface area contributed by atoms with E-state index in [1.54, 1.807) is 0 Å². The van der Waals surface area contributed by atoms with Crippen LogP contribution in [-0.2, 0) is 9.59 Å². The van der Waals surface area contributed by atoms with E-state index in [0.29, 0.717) is 13.0 Å². The summed E-state index contributed by atoms with van der Waals surface area (Å²) in [6.07, 6.45) is 3.74. The highest BCUT2D eigenvalue weighted by atomic mass is 16.4. The number of nitrogens with one attached hydrogen (secondary N) is 1. The van der Waals surface area contributed by atoms with Crippen molar-refractivity contribution in [2.75, 3.05) is 19.6 Å². The van der Waals surface area contributed by atoms with Gasteiger partial charge >= 0.3 is 11.9 Å². The zero-order valence-corrected chi connectivity index (χ0v) is 11.2. The first kappa shape index (κ1) is 17.8. The van der Waals surface area contributed by atoms with E-state index in [4.69, 9.17) is 21.7 Å². The third kappa shape index (κ3) is 9.40. The Morgan fingerprint density at radius 1 is 1.21 bits per heavy atom. The van der Waals surface area contributed by atoms with Crippen molar-refractivity contribution < 1.29 is 19.8 Å². The maximum Gasteiger partial charge on any atom is 0.320 e. The second-order valence-electron chi connectivity index (χ2n) is 4.59. The summed E-state index contributed by atoms with van der Waals surface area (Å²) in [5.74, 6) is -1.67. The van der Waals surface area contributed by atoms with Gasteiger partial charge in [0, 0.05) is 0 Å². The van der Waals surface area contributed by atoms with Crippen LogP contribution in [0.25, 0.3) is 0 Å². The van der Waals surface area contributed by atoms with Gasteiger partial charge < -0.3 is 27.0 Å². The van der Waals surface area contributed by atoms with Crippen LogP contribution in [0.2, 0.25) is 0 Å². The monoisotopic (exact) mass is 275 g/mol. The van der Waals surface area contributed by atoms with Crippen LogP contribution in [0, 0.1) is 5.92 Å². The highest BCUT2D eigenvalue weighted by Gasteiger charge is 2.19. The van der Waals surface area contributed by atoms with Crippen LogP contribution < -0.4 is 16.8 Å². The molecule has 1 atom stereocenters. The molecule has 0 amide bonds. The fourth-order valence-electron chi connectivity index (χ4n) is 1.70. The Hall–Kier alpha value is -1.18.